The Morgan fingerprint density at radius 3 is 2.32 bits per heavy atom. The largest absolute Gasteiger partial charge is 0.478 e. The van der Waals surface area contributed by atoms with E-state index in [1.54, 1.807) is 17.0 Å². The number of benzene rings is 3. The van der Waals surface area contributed by atoms with Crippen LogP contribution in [0.5, 0.6) is 0 Å². The third-order valence-electron chi connectivity index (χ3n) is 6.28. The van der Waals surface area contributed by atoms with E-state index in [-0.39, 0.29) is 24.2 Å². The zero-order valence-electron chi connectivity index (χ0n) is 17.3. The molecule has 0 saturated heterocycles. The van der Waals surface area contributed by atoms with Gasteiger partial charge in [-0.25, -0.2) is 9.59 Å². The van der Waals surface area contributed by atoms with E-state index in [1.807, 2.05) is 31.2 Å². The fourth-order valence-corrected chi connectivity index (χ4v) is 4.95. The summed E-state index contributed by atoms with van der Waals surface area (Å²) < 4.78 is 5.84. The summed E-state index contributed by atoms with van der Waals surface area (Å²) in [4.78, 5) is 26.2. The van der Waals surface area contributed by atoms with Crippen LogP contribution in [-0.2, 0) is 11.2 Å². The molecule has 2 aliphatic rings. The summed E-state index contributed by atoms with van der Waals surface area (Å²) in [5, 5.41) is 9.35. The fraction of sp³-hybridized carbons (Fsp3) is 0.231. The van der Waals surface area contributed by atoms with Crippen LogP contribution in [0.1, 0.15) is 45.0 Å². The molecule has 0 fully saturated rings. The highest BCUT2D eigenvalue weighted by Crippen LogP contribution is 2.44. The molecule has 0 aromatic heterocycles. The monoisotopic (exact) mass is 413 g/mol. The number of hydrogen-bond acceptors (Lipinski definition) is 3. The maximum atomic E-state index is 13.1. The van der Waals surface area contributed by atoms with Crippen molar-refractivity contribution >= 4 is 17.7 Å². The van der Waals surface area contributed by atoms with Crippen LogP contribution < -0.4 is 4.90 Å². The van der Waals surface area contributed by atoms with Crippen LogP contribution in [0, 0.1) is 6.92 Å². The number of aromatic carboxylic acids is 1. The molecule has 3 aromatic carbocycles. The maximum Gasteiger partial charge on any atom is 0.414 e. The van der Waals surface area contributed by atoms with Gasteiger partial charge in [0, 0.05) is 12.5 Å². The molecule has 0 bridgehead atoms. The highest BCUT2D eigenvalue weighted by Gasteiger charge is 2.31. The van der Waals surface area contributed by atoms with E-state index < -0.39 is 5.97 Å². The van der Waals surface area contributed by atoms with E-state index in [1.165, 1.54) is 22.3 Å². The second-order valence-electron chi connectivity index (χ2n) is 8.17. The highest BCUT2D eigenvalue weighted by atomic mass is 16.6. The molecule has 5 nitrogen and oxygen atoms in total. The van der Waals surface area contributed by atoms with Crippen LogP contribution in [0.15, 0.2) is 60.7 Å². The SMILES string of the molecule is Cc1cc(C(=O)O)cc2c1N(C(=O)OCC1c3ccccc3-c3ccccc31)CCC2. The topological polar surface area (TPSA) is 66.8 Å². The first-order chi connectivity index (χ1) is 15.0. The summed E-state index contributed by atoms with van der Waals surface area (Å²) in [6.45, 7) is 2.68. The molecule has 0 radical (unpaired) electrons. The number of carbonyl (C=O) groups is 2. The third kappa shape index (κ3) is 3.26. The Bertz CT molecular complexity index is 1150. The smallest absolute Gasteiger partial charge is 0.414 e. The van der Waals surface area contributed by atoms with Crippen LogP contribution in [0.25, 0.3) is 11.1 Å². The first-order valence-corrected chi connectivity index (χ1v) is 10.5. The van der Waals surface area contributed by atoms with Crippen molar-refractivity contribution in [2.24, 2.45) is 0 Å². The Balaban J connectivity index is 1.40. The molecule has 1 amide bonds. The van der Waals surface area contributed by atoms with Gasteiger partial charge in [0.05, 0.1) is 11.3 Å². The van der Waals surface area contributed by atoms with E-state index in [4.69, 9.17) is 4.74 Å². The lowest BCUT2D eigenvalue weighted by molar-refractivity contribution is 0.0696. The summed E-state index contributed by atoms with van der Waals surface area (Å²) in [6, 6.07) is 19.8. The number of carboxylic acids is 1. The number of ether oxygens (including phenoxy) is 1. The van der Waals surface area contributed by atoms with Gasteiger partial charge in [-0.05, 0) is 65.3 Å². The molecule has 3 aromatic rings. The average Bonchev–Trinajstić information content (AvgIpc) is 3.10. The van der Waals surface area contributed by atoms with Crippen LogP contribution >= 0.6 is 0 Å². The molecule has 0 unspecified atom stereocenters. The first-order valence-electron chi connectivity index (χ1n) is 10.5. The standard InChI is InChI=1S/C26H23NO4/c1-16-13-18(25(28)29)14-17-7-6-12-27(24(16)17)26(30)31-15-23-21-10-4-2-8-19(21)20-9-3-5-11-22(20)23/h2-5,8-11,13-14,23H,6-7,12,15H2,1H3,(H,28,29). The number of aryl methyl sites for hydroxylation is 2. The summed E-state index contributed by atoms with van der Waals surface area (Å²) in [7, 11) is 0. The number of anilines is 1. The minimum absolute atomic E-state index is 0.0103. The number of hydrogen-bond donors (Lipinski definition) is 1. The number of fused-ring (bicyclic) bond motifs is 4. The van der Waals surface area contributed by atoms with Crippen molar-refractivity contribution in [3.8, 4) is 11.1 Å². The first kappa shape index (κ1) is 19.4. The fourth-order valence-electron chi connectivity index (χ4n) is 4.95. The van der Waals surface area contributed by atoms with E-state index >= 15 is 0 Å². The number of amides is 1. The van der Waals surface area contributed by atoms with Crippen LogP contribution in [-0.4, -0.2) is 30.3 Å². The van der Waals surface area contributed by atoms with Crippen LogP contribution in [0.2, 0.25) is 0 Å². The molecule has 0 spiro atoms. The van der Waals surface area contributed by atoms with Gasteiger partial charge >= 0.3 is 12.1 Å². The van der Waals surface area contributed by atoms with Gasteiger partial charge in [0.25, 0.3) is 0 Å². The molecule has 0 atom stereocenters. The highest BCUT2D eigenvalue weighted by molar-refractivity contribution is 5.94. The second-order valence-corrected chi connectivity index (χ2v) is 8.17. The lowest BCUT2D eigenvalue weighted by atomic mass is 9.95. The molecule has 5 heteroatoms. The van der Waals surface area contributed by atoms with Crippen molar-refractivity contribution in [1.82, 2.24) is 0 Å². The Morgan fingerprint density at radius 1 is 1.03 bits per heavy atom. The van der Waals surface area contributed by atoms with E-state index in [9.17, 15) is 14.7 Å². The van der Waals surface area contributed by atoms with Crippen molar-refractivity contribution in [2.75, 3.05) is 18.1 Å². The summed E-state index contributed by atoms with van der Waals surface area (Å²) >= 11 is 0. The number of rotatable bonds is 3. The van der Waals surface area contributed by atoms with Crippen LogP contribution in [0.3, 0.4) is 0 Å². The molecule has 1 heterocycles. The lowest BCUT2D eigenvalue weighted by Crippen LogP contribution is -2.37. The molecule has 156 valence electrons. The Morgan fingerprint density at radius 2 is 1.68 bits per heavy atom. The van der Waals surface area contributed by atoms with Crippen molar-refractivity contribution in [2.45, 2.75) is 25.7 Å². The number of nitrogens with zero attached hydrogens (tertiary/aromatic N) is 1. The van der Waals surface area contributed by atoms with Gasteiger partial charge < -0.3 is 9.84 Å². The maximum absolute atomic E-state index is 13.1. The Labute approximate surface area is 180 Å². The molecule has 31 heavy (non-hydrogen) atoms. The van der Waals surface area contributed by atoms with Crippen LogP contribution in [0.4, 0.5) is 10.5 Å². The van der Waals surface area contributed by atoms with E-state index in [0.29, 0.717) is 6.54 Å². The van der Waals surface area contributed by atoms with Crippen molar-refractivity contribution in [3.63, 3.8) is 0 Å². The Kier molecular flexibility index (Phi) is 4.74. The number of carboxylic acid groups (broad SMARTS) is 1. The van der Waals surface area contributed by atoms with Crippen molar-refractivity contribution in [1.29, 1.82) is 0 Å². The zero-order chi connectivity index (χ0) is 21.5. The lowest BCUT2D eigenvalue weighted by Gasteiger charge is -2.31. The molecule has 0 saturated carbocycles. The Hall–Kier alpha value is -3.60. The molecular formula is C26H23NO4. The predicted octanol–water partition coefficient (Wildman–Crippen LogP) is 5.39. The van der Waals surface area contributed by atoms with E-state index in [2.05, 4.69) is 24.3 Å². The minimum Gasteiger partial charge on any atom is -0.478 e. The molecule has 5 rings (SSSR count). The van der Waals surface area contributed by atoms with Gasteiger partial charge in [0.1, 0.15) is 6.61 Å². The molecule has 1 N–H and O–H groups in total. The summed E-state index contributed by atoms with van der Waals surface area (Å²) in [5.41, 5.74) is 7.45. The van der Waals surface area contributed by atoms with Crippen molar-refractivity contribution in [3.05, 3.63) is 88.5 Å². The molecule has 1 aliphatic carbocycles. The quantitative estimate of drug-likeness (QED) is 0.625. The zero-order valence-corrected chi connectivity index (χ0v) is 17.3. The average molecular weight is 413 g/mol. The number of carbonyl (C=O) groups excluding carboxylic acids is 1. The molecule has 1 aliphatic heterocycles. The summed E-state index contributed by atoms with van der Waals surface area (Å²) in [5.74, 6) is -0.944. The van der Waals surface area contributed by atoms with E-state index in [0.717, 1.165) is 29.7 Å². The molecular weight excluding hydrogens is 390 g/mol. The van der Waals surface area contributed by atoms with Gasteiger partial charge in [0.15, 0.2) is 0 Å². The summed E-state index contributed by atoms with van der Waals surface area (Å²) in [6.07, 6.45) is 1.15. The van der Waals surface area contributed by atoms with Gasteiger partial charge in [-0.3, -0.25) is 4.90 Å². The predicted molar refractivity (Wildman–Crippen MR) is 119 cm³/mol. The third-order valence-corrected chi connectivity index (χ3v) is 6.28. The van der Waals surface area contributed by atoms with Gasteiger partial charge in [-0.1, -0.05) is 48.5 Å². The van der Waals surface area contributed by atoms with Gasteiger partial charge in [-0.15, -0.1) is 0 Å². The van der Waals surface area contributed by atoms with Gasteiger partial charge in [-0.2, -0.15) is 0 Å². The van der Waals surface area contributed by atoms with Crippen molar-refractivity contribution < 1.29 is 19.4 Å². The minimum atomic E-state index is -0.954. The van der Waals surface area contributed by atoms with Gasteiger partial charge in [0.2, 0.25) is 0 Å². The normalized spacial score (nSPS) is 14.5. The second kappa shape index (κ2) is 7.58.